The van der Waals surface area contributed by atoms with Crippen LogP contribution in [0, 0.1) is 0 Å². The molecule has 0 unspecified atom stereocenters. The van der Waals surface area contributed by atoms with E-state index in [1.807, 2.05) is 19.2 Å². The summed E-state index contributed by atoms with van der Waals surface area (Å²) in [4.78, 5) is 11.1. The molecular weight excluding hydrogens is 258 g/mol. The van der Waals surface area contributed by atoms with Gasteiger partial charge in [0.25, 0.3) is 0 Å². The average Bonchev–Trinajstić information content (AvgIpc) is 2.43. The van der Waals surface area contributed by atoms with Gasteiger partial charge in [-0.25, -0.2) is 0 Å². The predicted molar refractivity (Wildman–Crippen MR) is 75.9 cm³/mol. The third-order valence-electron chi connectivity index (χ3n) is 3.05. The number of aliphatic hydroxyl groups excluding tert-OH is 2. The molecule has 4 N–H and O–H groups in total. The summed E-state index contributed by atoms with van der Waals surface area (Å²) in [5.74, 6) is 0.632. The van der Waals surface area contributed by atoms with Gasteiger partial charge in [0.05, 0.1) is 6.61 Å². The maximum absolute atomic E-state index is 11.1. The Morgan fingerprint density at radius 3 is 2.45 bits per heavy atom. The molecule has 0 bridgehead atoms. The Labute approximate surface area is 119 Å². The Hall–Kier alpha value is -1.43. The lowest BCUT2D eigenvalue weighted by Crippen LogP contribution is -2.97. The minimum absolute atomic E-state index is 0.0115. The van der Waals surface area contributed by atoms with Crippen LogP contribution in [0.2, 0.25) is 0 Å². The van der Waals surface area contributed by atoms with Crippen LogP contribution >= 0.6 is 0 Å². The first kappa shape index (κ1) is 16.6. The van der Waals surface area contributed by atoms with E-state index < -0.39 is 6.10 Å². The molecule has 0 heterocycles. The minimum atomic E-state index is -0.617. The van der Waals surface area contributed by atoms with E-state index in [0.717, 1.165) is 0 Å². The number of ketones is 1. The van der Waals surface area contributed by atoms with Crippen LogP contribution in [0.5, 0.6) is 5.75 Å². The van der Waals surface area contributed by atoms with E-state index in [-0.39, 0.29) is 24.5 Å². The molecular formula is C15H24NO4+. The van der Waals surface area contributed by atoms with Gasteiger partial charge in [-0.1, -0.05) is 0 Å². The lowest BCUT2D eigenvalue weighted by molar-refractivity contribution is -0.727. The molecule has 5 nitrogen and oxygen atoms in total. The number of quaternary nitrogens is 1. The fraction of sp³-hybridized carbons (Fsp3) is 0.533. The molecule has 0 aliphatic carbocycles. The van der Waals surface area contributed by atoms with Crippen molar-refractivity contribution in [3.05, 3.63) is 29.8 Å². The van der Waals surface area contributed by atoms with Gasteiger partial charge in [-0.05, 0) is 45.0 Å². The molecule has 0 saturated carbocycles. The summed E-state index contributed by atoms with van der Waals surface area (Å²) in [6, 6.07) is 6.83. The van der Waals surface area contributed by atoms with Gasteiger partial charge in [-0.15, -0.1) is 0 Å². The number of benzene rings is 1. The Balaban J connectivity index is 2.37. The lowest BCUT2D eigenvalue weighted by Gasteiger charge is -2.21. The fourth-order valence-electron chi connectivity index (χ4n) is 1.57. The van der Waals surface area contributed by atoms with Crippen LogP contribution in [0.25, 0.3) is 0 Å². The third kappa shape index (κ3) is 5.69. The van der Waals surface area contributed by atoms with Gasteiger partial charge in [0, 0.05) is 5.56 Å². The van der Waals surface area contributed by atoms with Gasteiger partial charge >= 0.3 is 0 Å². The molecule has 0 amide bonds. The van der Waals surface area contributed by atoms with Crippen molar-refractivity contribution in [1.82, 2.24) is 0 Å². The standard InChI is InChI=1S/C15H23NO4/c1-11(18)12-4-6-14(7-5-12)20-9-13(19)8-16-15(2,3)10-17/h4-7,13,16-17,19H,8-10H2,1-3H3/p+1/t13-/m0/s1. The molecule has 0 fully saturated rings. The zero-order chi connectivity index (χ0) is 15.2. The zero-order valence-corrected chi connectivity index (χ0v) is 12.3. The monoisotopic (exact) mass is 282 g/mol. The summed E-state index contributed by atoms with van der Waals surface area (Å²) in [7, 11) is 0. The van der Waals surface area contributed by atoms with Crippen molar-refractivity contribution >= 4 is 5.78 Å². The topological polar surface area (TPSA) is 83.4 Å². The number of ether oxygens (including phenoxy) is 1. The number of hydrogen-bond acceptors (Lipinski definition) is 4. The Morgan fingerprint density at radius 2 is 1.95 bits per heavy atom. The highest BCUT2D eigenvalue weighted by Crippen LogP contribution is 2.12. The first-order valence-electron chi connectivity index (χ1n) is 6.71. The molecule has 1 rings (SSSR count). The van der Waals surface area contributed by atoms with E-state index in [0.29, 0.717) is 17.9 Å². The molecule has 0 aromatic heterocycles. The van der Waals surface area contributed by atoms with Crippen molar-refractivity contribution in [3.8, 4) is 5.75 Å². The molecule has 0 radical (unpaired) electrons. The molecule has 1 aromatic rings. The van der Waals surface area contributed by atoms with E-state index in [1.54, 1.807) is 24.3 Å². The van der Waals surface area contributed by atoms with Crippen LogP contribution in [0.3, 0.4) is 0 Å². The molecule has 1 atom stereocenters. The van der Waals surface area contributed by atoms with Gasteiger partial charge in [-0.3, -0.25) is 4.79 Å². The van der Waals surface area contributed by atoms with Crippen molar-refractivity contribution in [2.75, 3.05) is 19.8 Å². The lowest BCUT2D eigenvalue weighted by atomic mass is 10.1. The van der Waals surface area contributed by atoms with Gasteiger partial charge in [0.15, 0.2) is 5.78 Å². The number of carbonyl (C=O) groups is 1. The van der Waals surface area contributed by atoms with Gasteiger partial charge in [0.2, 0.25) is 0 Å². The van der Waals surface area contributed by atoms with E-state index in [2.05, 4.69) is 0 Å². The fourth-order valence-corrected chi connectivity index (χ4v) is 1.57. The van der Waals surface area contributed by atoms with Crippen LogP contribution in [0.15, 0.2) is 24.3 Å². The number of hydrogen-bond donors (Lipinski definition) is 3. The second-order valence-corrected chi connectivity index (χ2v) is 5.63. The Morgan fingerprint density at radius 1 is 1.35 bits per heavy atom. The van der Waals surface area contributed by atoms with Crippen LogP contribution in [0.1, 0.15) is 31.1 Å². The molecule has 0 saturated heterocycles. The second kappa shape index (κ2) is 7.38. The number of rotatable bonds is 8. The summed E-state index contributed by atoms with van der Waals surface area (Å²) in [6.07, 6.45) is -0.617. The number of nitrogens with two attached hydrogens (primary N) is 1. The van der Waals surface area contributed by atoms with Gasteiger partial charge in [-0.2, -0.15) is 0 Å². The number of carbonyl (C=O) groups excluding carboxylic acids is 1. The molecule has 0 aliphatic rings. The highest BCUT2D eigenvalue weighted by atomic mass is 16.5. The number of Topliss-reactive ketones (excluding diaryl/α,β-unsaturated/α-hetero) is 1. The van der Waals surface area contributed by atoms with E-state index in [4.69, 9.17) is 9.84 Å². The summed E-state index contributed by atoms with van der Waals surface area (Å²) in [5.41, 5.74) is 0.334. The zero-order valence-electron chi connectivity index (χ0n) is 12.3. The molecule has 20 heavy (non-hydrogen) atoms. The smallest absolute Gasteiger partial charge is 0.159 e. The first-order chi connectivity index (χ1) is 9.34. The van der Waals surface area contributed by atoms with Crippen LogP contribution < -0.4 is 10.1 Å². The van der Waals surface area contributed by atoms with Crippen LogP contribution in [-0.2, 0) is 0 Å². The largest absolute Gasteiger partial charge is 0.491 e. The van der Waals surface area contributed by atoms with Crippen molar-refractivity contribution in [2.24, 2.45) is 0 Å². The number of aliphatic hydroxyl groups is 2. The van der Waals surface area contributed by atoms with Crippen molar-refractivity contribution in [2.45, 2.75) is 32.4 Å². The SMILES string of the molecule is CC(=O)c1ccc(OC[C@@H](O)C[NH2+]C(C)(C)CO)cc1. The van der Waals surface area contributed by atoms with Crippen molar-refractivity contribution in [3.63, 3.8) is 0 Å². The van der Waals surface area contributed by atoms with E-state index >= 15 is 0 Å². The summed E-state index contributed by atoms with van der Waals surface area (Å²) >= 11 is 0. The highest BCUT2D eigenvalue weighted by Gasteiger charge is 2.21. The molecule has 0 aliphatic heterocycles. The summed E-state index contributed by atoms with van der Waals surface area (Å²) in [5, 5.41) is 20.8. The predicted octanol–water partition coefficient (Wildman–Crippen LogP) is -0.0368. The van der Waals surface area contributed by atoms with Crippen LogP contribution in [-0.4, -0.2) is 47.4 Å². The Kier molecular flexibility index (Phi) is 6.13. The molecule has 5 heteroatoms. The van der Waals surface area contributed by atoms with Crippen molar-refractivity contribution < 1.29 is 25.1 Å². The third-order valence-corrected chi connectivity index (χ3v) is 3.05. The molecule has 0 spiro atoms. The maximum atomic E-state index is 11.1. The normalized spacial score (nSPS) is 13.1. The minimum Gasteiger partial charge on any atom is -0.491 e. The highest BCUT2D eigenvalue weighted by molar-refractivity contribution is 5.94. The average molecular weight is 282 g/mol. The summed E-state index contributed by atoms with van der Waals surface area (Å²) in [6.45, 7) is 6.00. The molecule has 1 aromatic carbocycles. The van der Waals surface area contributed by atoms with Crippen molar-refractivity contribution in [1.29, 1.82) is 0 Å². The van der Waals surface area contributed by atoms with Crippen LogP contribution in [0.4, 0.5) is 0 Å². The molecule has 112 valence electrons. The quantitative estimate of drug-likeness (QED) is 0.584. The summed E-state index contributed by atoms with van der Waals surface area (Å²) < 4.78 is 5.46. The first-order valence-corrected chi connectivity index (χ1v) is 6.71. The maximum Gasteiger partial charge on any atom is 0.159 e. The van der Waals surface area contributed by atoms with Gasteiger partial charge in [0.1, 0.15) is 30.5 Å². The second-order valence-electron chi connectivity index (χ2n) is 5.63. The van der Waals surface area contributed by atoms with Gasteiger partial charge < -0.3 is 20.3 Å². The van der Waals surface area contributed by atoms with E-state index in [1.165, 1.54) is 6.92 Å². The Bertz CT molecular complexity index is 428. The van der Waals surface area contributed by atoms with E-state index in [9.17, 15) is 9.90 Å².